The van der Waals surface area contributed by atoms with E-state index in [1.807, 2.05) is 0 Å². The van der Waals surface area contributed by atoms with Gasteiger partial charge in [-0.25, -0.2) is 9.78 Å². The van der Waals surface area contributed by atoms with Crippen LogP contribution in [0.25, 0.3) is 0 Å². The van der Waals surface area contributed by atoms with Gasteiger partial charge >= 0.3 is 5.97 Å². The standard InChI is InChI=1S/C13H15N3O2S/c1-8-4-10(19-9(8)2)5-15-12-7-14-6-11(16-12)13(17)18-3/h4,6-7H,5H2,1-3H3,(H,15,16). The van der Waals surface area contributed by atoms with E-state index in [2.05, 4.69) is 39.9 Å². The summed E-state index contributed by atoms with van der Waals surface area (Å²) in [4.78, 5) is 22.0. The van der Waals surface area contributed by atoms with Crippen molar-refractivity contribution in [1.82, 2.24) is 9.97 Å². The maximum atomic E-state index is 11.3. The Balaban J connectivity index is 2.05. The average molecular weight is 277 g/mol. The minimum Gasteiger partial charge on any atom is -0.464 e. The topological polar surface area (TPSA) is 64.1 Å². The van der Waals surface area contributed by atoms with E-state index in [0.717, 1.165) is 0 Å². The predicted octanol–water partition coefficient (Wildman–Crippen LogP) is 2.55. The van der Waals surface area contributed by atoms with Gasteiger partial charge in [0.1, 0.15) is 5.82 Å². The molecule has 0 aliphatic carbocycles. The van der Waals surface area contributed by atoms with Crippen molar-refractivity contribution in [2.75, 3.05) is 12.4 Å². The lowest BCUT2D eigenvalue weighted by molar-refractivity contribution is 0.0593. The van der Waals surface area contributed by atoms with Gasteiger partial charge in [0.2, 0.25) is 0 Å². The first-order valence-corrected chi connectivity index (χ1v) is 6.62. The van der Waals surface area contributed by atoms with Gasteiger partial charge in [-0.15, -0.1) is 11.3 Å². The molecular weight excluding hydrogens is 262 g/mol. The molecule has 0 saturated heterocycles. The van der Waals surface area contributed by atoms with E-state index >= 15 is 0 Å². The summed E-state index contributed by atoms with van der Waals surface area (Å²) in [6.07, 6.45) is 2.97. The highest BCUT2D eigenvalue weighted by atomic mass is 32.1. The lowest BCUT2D eigenvalue weighted by atomic mass is 10.3. The second kappa shape index (κ2) is 5.79. The highest BCUT2D eigenvalue weighted by molar-refractivity contribution is 7.12. The number of hydrogen-bond acceptors (Lipinski definition) is 6. The molecule has 5 nitrogen and oxygen atoms in total. The Hall–Kier alpha value is -1.95. The number of ether oxygens (including phenoxy) is 1. The molecule has 6 heteroatoms. The molecule has 0 saturated carbocycles. The van der Waals surface area contributed by atoms with E-state index in [0.29, 0.717) is 12.4 Å². The summed E-state index contributed by atoms with van der Waals surface area (Å²) in [6.45, 7) is 4.85. The van der Waals surface area contributed by atoms with E-state index in [4.69, 9.17) is 0 Å². The lowest BCUT2D eigenvalue weighted by Crippen LogP contribution is -2.08. The molecule has 0 radical (unpaired) electrons. The molecule has 2 aromatic heterocycles. The van der Waals surface area contributed by atoms with E-state index < -0.39 is 5.97 Å². The van der Waals surface area contributed by atoms with Crippen LogP contribution in [0.2, 0.25) is 0 Å². The van der Waals surface area contributed by atoms with Crippen molar-refractivity contribution < 1.29 is 9.53 Å². The van der Waals surface area contributed by atoms with Gasteiger partial charge in [-0.3, -0.25) is 4.98 Å². The summed E-state index contributed by atoms with van der Waals surface area (Å²) in [5.41, 5.74) is 1.49. The number of hydrogen-bond donors (Lipinski definition) is 1. The second-order valence-corrected chi connectivity index (χ2v) is 5.43. The number of carbonyl (C=O) groups is 1. The zero-order chi connectivity index (χ0) is 13.8. The molecule has 2 aromatic rings. The molecular formula is C13H15N3O2S. The minimum absolute atomic E-state index is 0.200. The quantitative estimate of drug-likeness (QED) is 0.870. The van der Waals surface area contributed by atoms with Gasteiger partial charge in [0.15, 0.2) is 5.69 Å². The fourth-order valence-electron chi connectivity index (χ4n) is 1.57. The molecule has 2 rings (SSSR count). The predicted molar refractivity (Wildman–Crippen MR) is 74.5 cm³/mol. The number of thiophene rings is 1. The number of aromatic nitrogens is 2. The van der Waals surface area contributed by atoms with E-state index in [9.17, 15) is 4.79 Å². The van der Waals surface area contributed by atoms with Crippen molar-refractivity contribution in [3.63, 3.8) is 0 Å². The zero-order valence-corrected chi connectivity index (χ0v) is 11.9. The second-order valence-electron chi connectivity index (χ2n) is 4.09. The van der Waals surface area contributed by atoms with Crippen LogP contribution in [0.3, 0.4) is 0 Å². The van der Waals surface area contributed by atoms with Crippen LogP contribution in [0, 0.1) is 13.8 Å². The fourth-order valence-corrected chi connectivity index (χ4v) is 2.56. The normalized spacial score (nSPS) is 10.3. The van der Waals surface area contributed by atoms with Gasteiger partial charge < -0.3 is 10.1 Å². The van der Waals surface area contributed by atoms with Crippen molar-refractivity contribution in [3.8, 4) is 0 Å². The van der Waals surface area contributed by atoms with E-state index in [1.54, 1.807) is 17.5 Å². The summed E-state index contributed by atoms with van der Waals surface area (Å²) in [7, 11) is 1.32. The first-order chi connectivity index (χ1) is 9.10. The highest BCUT2D eigenvalue weighted by Gasteiger charge is 2.08. The SMILES string of the molecule is COC(=O)c1cncc(NCc2cc(C)c(C)s2)n1. The molecule has 0 amide bonds. The van der Waals surface area contributed by atoms with Gasteiger partial charge in [0, 0.05) is 9.75 Å². The molecule has 1 N–H and O–H groups in total. The highest BCUT2D eigenvalue weighted by Crippen LogP contribution is 2.21. The molecule has 19 heavy (non-hydrogen) atoms. The Morgan fingerprint density at radius 2 is 2.21 bits per heavy atom. The van der Waals surface area contributed by atoms with Crippen LogP contribution >= 0.6 is 11.3 Å². The molecule has 100 valence electrons. The molecule has 0 aliphatic rings. The monoisotopic (exact) mass is 277 g/mol. The number of carbonyl (C=O) groups excluding carboxylic acids is 1. The summed E-state index contributed by atoms with van der Waals surface area (Å²) in [5.74, 6) is 0.0746. The third kappa shape index (κ3) is 3.29. The Morgan fingerprint density at radius 1 is 1.42 bits per heavy atom. The van der Waals surface area contributed by atoms with Gasteiger partial charge in [-0.2, -0.15) is 0 Å². The van der Waals surface area contributed by atoms with Crippen LogP contribution in [0.1, 0.15) is 25.8 Å². The fraction of sp³-hybridized carbons (Fsp3) is 0.308. The lowest BCUT2D eigenvalue weighted by Gasteiger charge is -2.04. The Bertz CT molecular complexity index is 576. The van der Waals surface area contributed by atoms with E-state index in [-0.39, 0.29) is 5.69 Å². The van der Waals surface area contributed by atoms with Crippen molar-refractivity contribution in [1.29, 1.82) is 0 Å². The largest absolute Gasteiger partial charge is 0.464 e. The third-order valence-corrected chi connectivity index (χ3v) is 3.84. The number of methoxy groups -OCH3 is 1. The van der Waals surface area contributed by atoms with Crippen LogP contribution in [0.15, 0.2) is 18.5 Å². The Kier molecular flexibility index (Phi) is 4.11. The van der Waals surface area contributed by atoms with Gasteiger partial charge in [-0.05, 0) is 25.5 Å². The summed E-state index contributed by atoms with van der Waals surface area (Å²) >= 11 is 1.75. The number of anilines is 1. The first-order valence-electron chi connectivity index (χ1n) is 5.80. The Labute approximate surface area is 115 Å². The van der Waals surface area contributed by atoms with E-state index in [1.165, 1.54) is 28.6 Å². The van der Waals surface area contributed by atoms with Crippen molar-refractivity contribution >= 4 is 23.1 Å². The maximum absolute atomic E-state index is 11.3. The first kappa shape index (κ1) is 13.5. The summed E-state index contributed by atoms with van der Waals surface area (Å²) in [6, 6.07) is 2.14. The Morgan fingerprint density at radius 3 is 2.84 bits per heavy atom. The maximum Gasteiger partial charge on any atom is 0.358 e. The summed E-state index contributed by atoms with van der Waals surface area (Å²) < 4.78 is 4.61. The molecule has 2 heterocycles. The number of nitrogens with one attached hydrogen (secondary N) is 1. The van der Waals surface area contributed by atoms with Crippen molar-refractivity contribution in [2.45, 2.75) is 20.4 Å². The number of rotatable bonds is 4. The molecule has 0 aliphatic heterocycles. The van der Waals surface area contributed by atoms with Crippen LogP contribution in [0.5, 0.6) is 0 Å². The van der Waals surface area contributed by atoms with Crippen LogP contribution in [-0.2, 0) is 11.3 Å². The molecule has 0 atom stereocenters. The minimum atomic E-state index is -0.487. The van der Waals surface area contributed by atoms with Crippen LogP contribution < -0.4 is 5.32 Å². The summed E-state index contributed by atoms with van der Waals surface area (Å²) in [5, 5.41) is 3.15. The molecule has 0 bridgehead atoms. The van der Waals surface area contributed by atoms with Gasteiger partial charge in [-0.1, -0.05) is 0 Å². The van der Waals surface area contributed by atoms with Gasteiger partial charge in [0.25, 0.3) is 0 Å². The number of esters is 1. The molecule has 0 unspecified atom stereocenters. The van der Waals surface area contributed by atoms with Crippen molar-refractivity contribution in [3.05, 3.63) is 39.5 Å². The van der Waals surface area contributed by atoms with Crippen molar-refractivity contribution in [2.24, 2.45) is 0 Å². The average Bonchev–Trinajstić information content (AvgIpc) is 2.75. The molecule has 0 fully saturated rings. The molecule has 0 spiro atoms. The van der Waals surface area contributed by atoms with Crippen LogP contribution in [0.4, 0.5) is 5.82 Å². The van der Waals surface area contributed by atoms with Crippen LogP contribution in [-0.4, -0.2) is 23.0 Å². The third-order valence-electron chi connectivity index (χ3n) is 2.69. The van der Waals surface area contributed by atoms with Gasteiger partial charge in [0.05, 0.1) is 26.0 Å². The number of aryl methyl sites for hydroxylation is 2. The molecule has 0 aromatic carbocycles. The zero-order valence-electron chi connectivity index (χ0n) is 11.1. The smallest absolute Gasteiger partial charge is 0.358 e. The number of nitrogens with zero attached hydrogens (tertiary/aromatic N) is 2.